The van der Waals surface area contributed by atoms with Crippen LogP contribution in [0, 0.1) is 0 Å². The first-order valence-electron chi connectivity index (χ1n) is 8.29. The molecular weight excluding hydrogens is 346 g/mol. The van der Waals surface area contributed by atoms with Crippen LogP contribution in [-0.2, 0) is 6.42 Å². The highest BCUT2D eigenvalue weighted by Crippen LogP contribution is 2.26. The molecule has 26 heavy (non-hydrogen) atoms. The predicted octanol–water partition coefficient (Wildman–Crippen LogP) is 3.77. The van der Waals surface area contributed by atoms with Crippen molar-refractivity contribution in [1.29, 1.82) is 0 Å². The molecule has 0 bridgehead atoms. The second-order valence-electron chi connectivity index (χ2n) is 5.94. The highest BCUT2D eigenvalue weighted by molar-refractivity contribution is 7.20. The summed E-state index contributed by atoms with van der Waals surface area (Å²) in [6.07, 6.45) is 4.62. The van der Waals surface area contributed by atoms with Crippen molar-refractivity contribution < 1.29 is 9.90 Å². The van der Waals surface area contributed by atoms with Crippen molar-refractivity contribution in [3.8, 4) is 10.9 Å². The molecule has 2 N–H and O–H groups in total. The van der Waals surface area contributed by atoms with Gasteiger partial charge in [-0.3, -0.25) is 4.79 Å². The summed E-state index contributed by atoms with van der Waals surface area (Å²) in [7, 11) is 0. The van der Waals surface area contributed by atoms with Crippen LogP contribution in [-0.4, -0.2) is 27.1 Å². The van der Waals surface area contributed by atoms with Crippen LogP contribution in [0.15, 0.2) is 67.0 Å². The van der Waals surface area contributed by atoms with E-state index in [4.69, 9.17) is 0 Å². The smallest absolute Gasteiger partial charge is 0.251 e. The van der Waals surface area contributed by atoms with Gasteiger partial charge in [0.25, 0.3) is 5.91 Å². The molecule has 0 spiro atoms. The number of nitrogens with one attached hydrogen (secondary N) is 1. The van der Waals surface area contributed by atoms with Crippen molar-refractivity contribution in [2.45, 2.75) is 6.42 Å². The quantitative estimate of drug-likeness (QED) is 0.567. The van der Waals surface area contributed by atoms with Crippen molar-refractivity contribution in [2.24, 2.45) is 0 Å². The van der Waals surface area contributed by atoms with Crippen LogP contribution in [0.4, 0.5) is 0 Å². The molecule has 1 amide bonds. The van der Waals surface area contributed by atoms with Gasteiger partial charge >= 0.3 is 0 Å². The number of phenols is 1. The van der Waals surface area contributed by atoms with Crippen LogP contribution in [0.3, 0.4) is 0 Å². The lowest BCUT2D eigenvalue weighted by molar-refractivity contribution is 0.0954. The van der Waals surface area contributed by atoms with Gasteiger partial charge in [0.15, 0.2) is 5.13 Å². The number of aromatic hydroxyl groups is 1. The molecule has 6 heteroatoms. The minimum Gasteiger partial charge on any atom is -0.508 e. The summed E-state index contributed by atoms with van der Waals surface area (Å²) in [5.41, 5.74) is 2.59. The topological polar surface area (TPSA) is 67.2 Å². The predicted molar refractivity (Wildman–Crippen MR) is 103 cm³/mol. The van der Waals surface area contributed by atoms with E-state index in [1.165, 1.54) is 0 Å². The van der Waals surface area contributed by atoms with E-state index in [9.17, 15) is 9.90 Å². The fourth-order valence-corrected chi connectivity index (χ4v) is 3.68. The zero-order valence-electron chi connectivity index (χ0n) is 13.9. The van der Waals surface area contributed by atoms with Crippen LogP contribution < -0.4 is 5.32 Å². The number of carbonyl (C=O) groups excluding carboxylic acids is 1. The molecule has 0 aliphatic carbocycles. The minimum absolute atomic E-state index is 0.0957. The molecular formula is C20H17N3O2S. The maximum absolute atomic E-state index is 12.4. The summed E-state index contributed by atoms with van der Waals surface area (Å²) >= 11 is 1.56. The molecule has 5 nitrogen and oxygen atoms in total. The third-order valence-electron chi connectivity index (χ3n) is 4.10. The fourth-order valence-electron chi connectivity index (χ4n) is 2.71. The number of carbonyl (C=O) groups is 1. The van der Waals surface area contributed by atoms with Crippen molar-refractivity contribution in [3.63, 3.8) is 0 Å². The molecule has 2 aromatic carbocycles. The highest BCUT2D eigenvalue weighted by atomic mass is 32.1. The Hall–Kier alpha value is -3.12. The number of benzene rings is 2. The Labute approximate surface area is 154 Å². The fraction of sp³-hybridized carbons (Fsp3) is 0.100. The number of amides is 1. The molecule has 130 valence electrons. The second kappa shape index (κ2) is 7.01. The van der Waals surface area contributed by atoms with Crippen molar-refractivity contribution in [3.05, 3.63) is 78.1 Å². The Morgan fingerprint density at radius 1 is 1.12 bits per heavy atom. The average Bonchev–Trinajstić information content (AvgIpc) is 3.32. The molecule has 2 aromatic heterocycles. The first-order valence-corrected chi connectivity index (χ1v) is 9.11. The van der Waals surface area contributed by atoms with Crippen molar-refractivity contribution in [2.75, 3.05) is 6.54 Å². The molecule has 0 saturated heterocycles. The summed E-state index contributed by atoms with van der Waals surface area (Å²) in [6.45, 7) is 0.541. The van der Waals surface area contributed by atoms with Gasteiger partial charge in [-0.15, -0.1) is 0 Å². The number of phenolic OH excluding ortho intramolecular Hbond substituents is 1. The third-order valence-corrected chi connectivity index (χ3v) is 5.13. The van der Waals surface area contributed by atoms with Crippen LogP contribution in [0.1, 0.15) is 15.9 Å². The molecule has 0 unspecified atom stereocenters. The van der Waals surface area contributed by atoms with E-state index in [1.807, 2.05) is 53.4 Å². The number of nitrogens with zero attached hydrogens (tertiary/aromatic N) is 2. The molecule has 0 fully saturated rings. The van der Waals surface area contributed by atoms with E-state index in [0.717, 1.165) is 20.9 Å². The van der Waals surface area contributed by atoms with Gasteiger partial charge in [0.1, 0.15) is 5.75 Å². The zero-order chi connectivity index (χ0) is 17.9. The average molecular weight is 363 g/mol. The Morgan fingerprint density at radius 2 is 1.88 bits per heavy atom. The Morgan fingerprint density at radius 3 is 2.65 bits per heavy atom. The van der Waals surface area contributed by atoms with Gasteiger partial charge < -0.3 is 15.0 Å². The van der Waals surface area contributed by atoms with Crippen LogP contribution in [0.2, 0.25) is 0 Å². The van der Waals surface area contributed by atoms with E-state index in [2.05, 4.69) is 10.3 Å². The Balaban J connectivity index is 1.44. The molecule has 2 heterocycles. The van der Waals surface area contributed by atoms with E-state index in [0.29, 0.717) is 18.5 Å². The monoisotopic (exact) mass is 363 g/mol. The van der Waals surface area contributed by atoms with Gasteiger partial charge in [0, 0.05) is 24.5 Å². The standard InChI is InChI=1S/C20H17N3O2S/c24-16-6-3-14(4-7-16)9-10-21-19(25)15-5-8-17-18(13-15)26-20(22-17)23-11-1-2-12-23/h1-8,11-13,24H,9-10H2,(H,21,25). The molecule has 0 atom stereocenters. The summed E-state index contributed by atoms with van der Waals surface area (Å²) in [6, 6.07) is 16.5. The second-order valence-corrected chi connectivity index (χ2v) is 6.95. The van der Waals surface area contributed by atoms with Crippen LogP contribution >= 0.6 is 11.3 Å². The summed E-state index contributed by atoms with van der Waals surface area (Å²) in [5, 5.41) is 13.1. The molecule has 4 rings (SSSR count). The number of hydrogen-bond acceptors (Lipinski definition) is 4. The maximum atomic E-state index is 12.4. The highest BCUT2D eigenvalue weighted by Gasteiger charge is 2.10. The van der Waals surface area contributed by atoms with Gasteiger partial charge in [-0.05, 0) is 54.4 Å². The van der Waals surface area contributed by atoms with Crippen molar-refractivity contribution >= 4 is 27.5 Å². The molecule has 0 aliphatic rings. The molecule has 4 aromatic rings. The minimum atomic E-state index is -0.0957. The maximum Gasteiger partial charge on any atom is 0.251 e. The van der Waals surface area contributed by atoms with E-state index < -0.39 is 0 Å². The van der Waals surface area contributed by atoms with Crippen LogP contribution in [0.25, 0.3) is 15.3 Å². The van der Waals surface area contributed by atoms with E-state index in [1.54, 1.807) is 29.5 Å². The number of aromatic nitrogens is 2. The van der Waals surface area contributed by atoms with Gasteiger partial charge in [-0.25, -0.2) is 4.98 Å². The first-order chi connectivity index (χ1) is 12.7. The van der Waals surface area contributed by atoms with E-state index in [-0.39, 0.29) is 11.7 Å². The number of hydrogen-bond donors (Lipinski definition) is 2. The normalized spacial score (nSPS) is 10.9. The SMILES string of the molecule is O=C(NCCc1ccc(O)cc1)c1ccc2nc(-n3cccc3)sc2c1. The molecule has 0 saturated carbocycles. The molecule has 0 radical (unpaired) electrons. The number of rotatable bonds is 5. The largest absolute Gasteiger partial charge is 0.508 e. The van der Waals surface area contributed by atoms with Gasteiger partial charge in [-0.1, -0.05) is 23.5 Å². The summed E-state index contributed by atoms with van der Waals surface area (Å²) in [4.78, 5) is 17.0. The number of thiazole rings is 1. The van der Waals surface area contributed by atoms with Crippen LogP contribution in [0.5, 0.6) is 5.75 Å². The van der Waals surface area contributed by atoms with Crippen molar-refractivity contribution in [1.82, 2.24) is 14.9 Å². The van der Waals surface area contributed by atoms with Gasteiger partial charge in [-0.2, -0.15) is 0 Å². The first kappa shape index (κ1) is 16.4. The lowest BCUT2D eigenvalue weighted by Gasteiger charge is -2.05. The lowest BCUT2D eigenvalue weighted by atomic mass is 10.1. The Kier molecular flexibility index (Phi) is 4.41. The summed E-state index contributed by atoms with van der Waals surface area (Å²) in [5.74, 6) is 0.150. The third kappa shape index (κ3) is 3.45. The summed E-state index contributed by atoms with van der Waals surface area (Å²) < 4.78 is 2.95. The van der Waals surface area contributed by atoms with Gasteiger partial charge in [0.2, 0.25) is 0 Å². The Bertz CT molecular complexity index is 1040. The molecule has 0 aliphatic heterocycles. The zero-order valence-corrected chi connectivity index (χ0v) is 14.7. The lowest BCUT2D eigenvalue weighted by Crippen LogP contribution is -2.25. The number of fused-ring (bicyclic) bond motifs is 1. The van der Waals surface area contributed by atoms with E-state index >= 15 is 0 Å². The van der Waals surface area contributed by atoms with Gasteiger partial charge in [0.05, 0.1) is 10.2 Å².